The van der Waals surface area contributed by atoms with E-state index in [1.165, 1.54) is 0 Å². The molecule has 1 fully saturated rings. The smallest absolute Gasteiger partial charge is 0.255 e. The van der Waals surface area contributed by atoms with Crippen LogP contribution in [0.5, 0.6) is 0 Å². The monoisotopic (exact) mass is 355 g/mol. The molecule has 0 bridgehead atoms. The van der Waals surface area contributed by atoms with Gasteiger partial charge in [-0.3, -0.25) is 4.79 Å². The second-order valence-corrected chi connectivity index (χ2v) is 9.87. The Balaban J connectivity index is 2.17. The minimum absolute atomic E-state index is 0.0403. The number of nitrogens with zero attached hydrogens (tertiary/aromatic N) is 2. The predicted octanol–water partition coefficient (Wildman–Crippen LogP) is 1.89. The molecule has 24 heavy (non-hydrogen) atoms. The van der Waals surface area contributed by atoms with Gasteiger partial charge in [0.15, 0.2) is 0 Å². The number of likely N-dealkylation sites (tertiary alicyclic amines) is 1. The van der Waals surface area contributed by atoms with Crippen molar-refractivity contribution in [2.75, 3.05) is 19.3 Å². The molecule has 0 radical (unpaired) electrons. The number of hydrogen-bond acceptors (Lipinski definition) is 3. The van der Waals surface area contributed by atoms with Crippen LogP contribution in [-0.2, 0) is 15.6 Å². The van der Waals surface area contributed by atoms with Crippen LogP contribution >= 0.6 is 0 Å². The molecular weight excluding hydrogens is 326 g/mol. The van der Waals surface area contributed by atoms with Crippen molar-refractivity contribution in [1.82, 2.24) is 14.2 Å². The first-order valence-electron chi connectivity index (χ1n) is 8.33. The van der Waals surface area contributed by atoms with Crippen molar-refractivity contribution >= 4 is 15.9 Å². The highest BCUT2D eigenvalue weighted by atomic mass is 32.2. The molecular formula is C17H29N3O3S. The fourth-order valence-corrected chi connectivity index (χ4v) is 3.99. The molecule has 1 aromatic heterocycles. The lowest BCUT2D eigenvalue weighted by Crippen LogP contribution is -2.41. The quantitative estimate of drug-likeness (QED) is 0.896. The Bertz CT molecular complexity index is 701. The predicted molar refractivity (Wildman–Crippen MR) is 95.4 cm³/mol. The van der Waals surface area contributed by atoms with Crippen LogP contribution in [-0.4, -0.2) is 49.2 Å². The highest BCUT2D eigenvalue weighted by molar-refractivity contribution is 7.88. The van der Waals surface area contributed by atoms with Crippen molar-refractivity contribution in [2.45, 2.75) is 46.2 Å². The zero-order chi connectivity index (χ0) is 18.3. The average Bonchev–Trinajstić information content (AvgIpc) is 3.01. The van der Waals surface area contributed by atoms with Crippen LogP contribution in [0, 0.1) is 11.8 Å². The number of carbonyl (C=O) groups is 1. The summed E-state index contributed by atoms with van der Waals surface area (Å²) in [6.07, 6.45) is 4.94. The molecule has 2 atom stereocenters. The van der Waals surface area contributed by atoms with Crippen molar-refractivity contribution in [3.63, 3.8) is 0 Å². The lowest BCUT2D eigenvalue weighted by Gasteiger charge is -2.21. The molecule has 1 saturated heterocycles. The number of nitrogens with one attached hydrogen (secondary N) is 1. The molecule has 2 heterocycles. The van der Waals surface area contributed by atoms with Crippen molar-refractivity contribution in [3.8, 4) is 0 Å². The molecule has 7 heteroatoms. The summed E-state index contributed by atoms with van der Waals surface area (Å²) in [7, 11) is -3.30. The van der Waals surface area contributed by atoms with Crippen LogP contribution in [0.3, 0.4) is 0 Å². The number of aromatic nitrogens is 1. The number of hydrogen-bond donors (Lipinski definition) is 1. The standard InChI is InChI=1S/C17H29N3O3S/c1-12(2)14-10-19(11-15(14)18-24(6,22)23)16(21)13-7-8-20(9-13)17(3,4)5/h7-9,12,14-15,18H,10-11H2,1-6H3/t14-,15+/m1/s1. The van der Waals surface area contributed by atoms with Crippen molar-refractivity contribution < 1.29 is 13.2 Å². The third-order valence-electron chi connectivity index (χ3n) is 4.59. The van der Waals surface area contributed by atoms with Gasteiger partial charge in [-0.1, -0.05) is 13.8 Å². The van der Waals surface area contributed by atoms with E-state index in [9.17, 15) is 13.2 Å². The molecule has 0 aromatic carbocycles. The fourth-order valence-electron chi connectivity index (χ4n) is 3.19. The zero-order valence-electron chi connectivity index (χ0n) is 15.4. The normalized spacial score (nSPS) is 22.4. The Morgan fingerprint density at radius 1 is 1.29 bits per heavy atom. The van der Waals surface area contributed by atoms with Crippen LogP contribution in [0.15, 0.2) is 18.5 Å². The third kappa shape index (κ3) is 4.39. The minimum Gasteiger partial charge on any atom is -0.348 e. The Labute approximate surface area is 145 Å². The van der Waals surface area contributed by atoms with E-state index in [1.54, 1.807) is 4.90 Å². The highest BCUT2D eigenvalue weighted by Gasteiger charge is 2.38. The minimum atomic E-state index is -3.30. The Hall–Kier alpha value is -1.34. The molecule has 1 aliphatic heterocycles. The highest BCUT2D eigenvalue weighted by Crippen LogP contribution is 2.27. The van der Waals surface area contributed by atoms with Gasteiger partial charge in [0.1, 0.15) is 0 Å². The van der Waals surface area contributed by atoms with Gasteiger partial charge in [0.2, 0.25) is 10.0 Å². The maximum absolute atomic E-state index is 12.8. The maximum Gasteiger partial charge on any atom is 0.255 e. The molecule has 2 rings (SSSR count). The molecule has 1 amide bonds. The van der Waals surface area contributed by atoms with Gasteiger partial charge < -0.3 is 9.47 Å². The van der Waals surface area contributed by atoms with Crippen molar-refractivity contribution in [2.24, 2.45) is 11.8 Å². The number of rotatable bonds is 4. The molecule has 0 unspecified atom stereocenters. The van der Waals surface area contributed by atoms with Gasteiger partial charge in [0.25, 0.3) is 5.91 Å². The summed E-state index contributed by atoms with van der Waals surface area (Å²) in [4.78, 5) is 14.6. The SMILES string of the molecule is CC(C)[C@H]1CN(C(=O)c2ccn(C(C)(C)C)c2)C[C@@H]1NS(C)(=O)=O. The van der Waals surface area contributed by atoms with E-state index in [-0.39, 0.29) is 23.4 Å². The lowest BCUT2D eigenvalue weighted by atomic mass is 9.92. The van der Waals surface area contributed by atoms with E-state index in [0.717, 1.165) is 6.26 Å². The van der Waals surface area contributed by atoms with Crippen molar-refractivity contribution in [1.29, 1.82) is 0 Å². The van der Waals surface area contributed by atoms with Crippen LogP contribution in [0.25, 0.3) is 0 Å². The average molecular weight is 356 g/mol. The zero-order valence-corrected chi connectivity index (χ0v) is 16.2. The first-order valence-corrected chi connectivity index (χ1v) is 10.2. The number of sulfonamides is 1. The van der Waals surface area contributed by atoms with E-state index in [1.807, 2.05) is 23.0 Å². The van der Waals surface area contributed by atoms with Gasteiger partial charge in [-0.2, -0.15) is 0 Å². The molecule has 0 spiro atoms. The Morgan fingerprint density at radius 2 is 1.92 bits per heavy atom. The molecule has 0 aliphatic carbocycles. The molecule has 136 valence electrons. The van der Waals surface area contributed by atoms with Crippen molar-refractivity contribution in [3.05, 3.63) is 24.0 Å². The summed E-state index contributed by atoms with van der Waals surface area (Å²) in [6, 6.07) is 1.60. The summed E-state index contributed by atoms with van der Waals surface area (Å²) in [5, 5.41) is 0. The molecule has 6 nitrogen and oxygen atoms in total. The lowest BCUT2D eigenvalue weighted by molar-refractivity contribution is 0.0783. The molecule has 1 N–H and O–H groups in total. The van der Waals surface area contributed by atoms with Crippen LogP contribution in [0.1, 0.15) is 45.0 Å². The topological polar surface area (TPSA) is 71.4 Å². The van der Waals surface area contributed by atoms with Crippen LogP contribution in [0.4, 0.5) is 0 Å². The molecule has 1 aromatic rings. The second-order valence-electron chi connectivity index (χ2n) is 8.09. The largest absolute Gasteiger partial charge is 0.348 e. The van der Waals surface area contributed by atoms with Gasteiger partial charge in [-0.25, -0.2) is 13.1 Å². The van der Waals surface area contributed by atoms with E-state index >= 15 is 0 Å². The number of amides is 1. The molecule has 1 aliphatic rings. The summed E-state index contributed by atoms with van der Waals surface area (Å²) < 4.78 is 27.9. The molecule has 0 saturated carbocycles. The van der Waals surface area contributed by atoms with Gasteiger partial charge in [0.05, 0.1) is 11.8 Å². The van der Waals surface area contributed by atoms with Gasteiger partial charge >= 0.3 is 0 Å². The summed E-state index contributed by atoms with van der Waals surface area (Å²) in [6.45, 7) is 11.4. The van der Waals surface area contributed by atoms with E-state index in [4.69, 9.17) is 0 Å². The Morgan fingerprint density at radius 3 is 2.38 bits per heavy atom. The van der Waals surface area contributed by atoms with Crippen LogP contribution in [0.2, 0.25) is 0 Å². The second kappa shape index (κ2) is 6.52. The Kier molecular flexibility index (Phi) is 5.16. The summed E-state index contributed by atoms with van der Waals surface area (Å²) >= 11 is 0. The van der Waals surface area contributed by atoms with Gasteiger partial charge in [-0.15, -0.1) is 0 Å². The summed E-state index contributed by atoms with van der Waals surface area (Å²) in [5.41, 5.74) is 0.567. The van der Waals surface area contributed by atoms with E-state index in [2.05, 4.69) is 39.3 Å². The van der Waals surface area contributed by atoms with Gasteiger partial charge in [-0.05, 0) is 38.7 Å². The fraction of sp³-hybridized carbons (Fsp3) is 0.706. The summed E-state index contributed by atoms with van der Waals surface area (Å²) in [5.74, 6) is 0.371. The maximum atomic E-state index is 12.8. The van der Waals surface area contributed by atoms with Crippen LogP contribution < -0.4 is 4.72 Å². The first kappa shape index (κ1) is 19.0. The number of carbonyl (C=O) groups excluding carboxylic acids is 1. The van der Waals surface area contributed by atoms with Gasteiger partial charge in [0, 0.05) is 37.1 Å². The van der Waals surface area contributed by atoms with E-state index in [0.29, 0.717) is 24.6 Å². The first-order chi connectivity index (χ1) is 10.9. The van der Waals surface area contributed by atoms with E-state index < -0.39 is 10.0 Å². The third-order valence-corrected chi connectivity index (χ3v) is 5.32.